The Morgan fingerprint density at radius 2 is 1.95 bits per heavy atom. The first-order valence-corrected chi connectivity index (χ1v) is 9.40. The predicted molar refractivity (Wildman–Crippen MR) is 94.8 cm³/mol. The molecule has 0 amide bonds. The van der Waals surface area contributed by atoms with Crippen molar-refractivity contribution in [1.82, 2.24) is 10.2 Å². The summed E-state index contributed by atoms with van der Waals surface area (Å²) in [6, 6.07) is 0.692. The molecule has 2 heteroatoms. The molecule has 1 N–H and O–H groups in total. The van der Waals surface area contributed by atoms with Gasteiger partial charge in [-0.2, -0.15) is 0 Å². The van der Waals surface area contributed by atoms with Gasteiger partial charge in [0, 0.05) is 19.1 Å². The van der Waals surface area contributed by atoms with Crippen molar-refractivity contribution in [2.24, 2.45) is 17.3 Å². The monoisotopic (exact) mass is 296 g/mol. The minimum Gasteiger partial charge on any atom is -0.313 e. The van der Waals surface area contributed by atoms with Gasteiger partial charge in [0.2, 0.25) is 0 Å². The van der Waals surface area contributed by atoms with Crippen molar-refractivity contribution in [3.8, 4) is 0 Å². The molecule has 0 aromatic rings. The zero-order valence-electron chi connectivity index (χ0n) is 15.5. The van der Waals surface area contributed by atoms with Gasteiger partial charge in [0.15, 0.2) is 0 Å². The van der Waals surface area contributed by atoms with Crippen LogP contribution in [0.25, 0.3) is 0 Å². The maximum Gasteiger partial charge on any atom is 0.0159 e. The van der Waals surface area contributed by atoms with E-state index >= 15 is 0 Å². The zero-order valence-corrected chi connectivity index (χ0v) is 15.5. The van der Waals surface area contributed by atoms with E-state index in [2.05, 4.69) is 51.8 Å². The van der Waals surface area contributed by atoms with Crippen molar-refractivity contribution < 1.29 is 0 Å². The van der Waals surface area contributed by atoms with Gasteiger partial charge in [-0.15, -0.1) is 0 Å². The quantitative estimate of drug-likeness (QED) is 0.671. The number of nitrogens with zero attached hydrogens (tertiary/aromatic N) is 1. The summed E-state index contributed by atoms with van der Waals surface area (Å²) in [4.78, 5) is 2.70. The van der Waals surface area contributed by atoms with Gasteiger partial charge in [0.25, 0.3) is 0 Å². The molecule has 1 saturated carbocycles. The Kier molecular flexibility index (Phi) is 8.26. The molecule has 1 aliphatic carbocycles. The third-order valence-electron chi connectivity index (χ3n) is 5.53. The fourth-order valence-corrected chi connectivity index (χ4v) is 3.95. The van der Waals surface area contributed by atoms with Crippen LogP contribution in [0.5, 0.6) is 0 Å². The van der Waals surface area contributed by atoms with E-state index in [-0.39, 0.29) is 0 Å². The van der Waals surface area contributed by atoms with Gasteiger partial charge in [-0.1, -0.05) is 54.4 Å². The molecule has 0 saturated heterocycles. The summed E-state index contributed by atoms with van der Waals surface area (Å²) in [5, 5.41) is 3.88. The van der Waals surface area contributed by atoms with Crippen molar-refractivity contribution in [1.29, 1.82) is 0 Å². The highest BCUT2D eigenvalue weighted by Crippen LogP contribution is 2.39. The highest BCUT2D eigenvalue weighted by atomic mass is 15.1. The van der Waals surface area contributed by atoms with Crippen molar-refractivity contribution in [2.75, 3.05) is 26.2 Å². The normalized spacial score (nSPS) is 27.0. The van der Waals surface area contributed by atoms with Crippen LogP contribution in [-0.2, 0) is 0 Å². The first-order chi connectivity index (χ1) is 9.94. The molecule has 0 spiro atoms. The van der Waals surface area contributed by atoms with E-state index in [0.29, 0.717) is 11.5 Å². The molecule has 2 nitrogen and oxygen atoms in total. The summed E-state index contributed by atoms with van der Waals surface area (Å²) in [7, 11) is 0. The van der Waals surface area contributed by atoms with Crippen molar-refractivity contribution >= 4 is 0 Å². The van der Waals surface area contributed by atoms with Crippen molar-refractivity contribution in [3.63, 3.8) is 0 Å². The second-order valence-electron chi connectivity index (χ2n) is 7.94. The van der Waals surface area contributed by atoms with Crippen LogP contribution in [0.2, 0.25) is 0 Å². The predicted octanol–water partition coefficient (Wildman–Crippen LogP) is 4.55. The Bertz CT molecular complexity index is 275. The smallest absolute Gasteiger partial charge is 0.0159 e. The van der Waals surface area contributed by atoms with Crippen LogP contribution in [0.3, 0.4) is 0 Å². The van der Waals surface area contributed by atoms with Crippen LogP contribution in [0, 0.1) is 17.3 Å². The van der Waals surface area contributed by atoms with Gasteiger partial charge in [0.1, 0.15) is 0 Å². The lowest BCUT2D eigenvalue weighted by atomic mass is 9.67. The average molecular weight is 297 g/mol. The minimum absolute atomic E-state index is 0.452. The Morgan fingerprint density at radius 3 is 2.52 bits per heavy atom. The van der Waals surface area contributed by atoms with E-state index in [0.717, 1.165) is 11.8 Å². The van der Waals surface area contributed by atoms with E-state index in [1.807, 2.05) is 0 Å². The topological polar surface area (TPSA) is 15.3 Å². The summed E-state index contributed by atoms with van der Waals surface area (Å²) < 4.78 is 0. The molecule has 0 aromatic heterocycles. The number of hydrogen-bond acceptors (Lipinski definition) is 2. The fraction of sp³-hybridized carbons (Fsp3) is 1.00. The van der Waals surface area contributed by atoms with Crippen LogP contribution >= 0.6 is 0 Å². The van der Waals surface area contributed by atoms with Gasteiger partial charge in [0.05, 0.1) is 0 Å². The second-order valence-corrected chi connectivity index (χ2v) is 7.94. The van der Waals surface area contributed by atoms with E-state index in [1.165, 1.54) is 58.3 Å². The molecule has 0 aliphatic heterocycles. The Balaban J connectivity index is 2.66. The Morgan fingerprint density at radius 1 is 1.24 bits per heavy atom. The van der Waals surface area contributed by atoms with Crippen LogP contribution in [0.4, 0.5) is 0 Å². The summed E-state index contributed by atoms with van der Waals surface area (Å²) in [6.07, 6.45) is 6.72. The second kappa shape index (κ2) is 9.15. The molecule has 126 valence electrons. The van der Waals surface area contributed by atoms with E-state index in [4.69, 9.17) is 0 Å². The standard InChI is InChI=1S/C19H40N2/c1-7-13-20-18-17(11-10-12-19(18,5)6)15-21(9-3)14-16(4)8-2/h16-18,20H,7-15H2,1-6H3. The van der Waals surface area contributed by atoms with Crippen LogP contribution in [0.1, 0.15) is 73.6 Å². The van der Waals surface area contributed by atoms with Gasteiger partial charge in [-0.05, 0) is 49.6 Å². The minimum atomic E-state index is 0.452. The SMILES string of the molecule is CCCNC1C(CN(CC)CC(C)CC)CCCC1(C)C. The summed E-state index contributed by atoms with van der Waals surface area (Å²) in [6.45, 7) is 19.2. The number of nitrogens with one attached hydrogen (secondary N) is 1. The lowest BCUT2D eigenvalue weighted by molar-refractivity contribution is 0.0759. The Hall–Kier alpha value is -0.0800. The first-order valence-electron chi connectivity index (χ1n) is 9.40. The zero-order chi connectivity index (χ0) is 15.9. The molecule has 1 rings (SSSR count). The lowest BCUT2D eigenvalue weighted by Gasteiger charge is -2.46. The van der Waals surface area contributed by atoms with Crippen LogP contribution < -0.4 is 5.32 Å². The van der Waals surface area contributed by atoms with Crippen LogP contribution in [0.15, 0.2) is 0 Å². The molecule has 3 atom stereocenters. The van der Waals surface area contributed by atoms with Gasteiger partial charge in [-0.25, -0.2) is 0 Å². The third kappa shape index (κ3) is 5.90. The summed E-state index contributed by atoms with van der Waals surface area (Å²) in [5.41, 5.74) is 0.452. The maximum atomic E-state index is 3.88. The highest BCUT2D eigenvalue weighted by Gasteiger charge is 2.38. The molecule has 3 unspecified atom stereocenters. The van der Waals surface area contributed by atoms with Gasteiger partial charge < -0.3 is 10.2 Å². The largest absolute Gasteiger partial charge is 0.313 e. The summed E-state index contributed by atoms with van der Waals surface area (Å²) in [5.74, 6) is 1.65. The molecule has 0 aromatic carbocycles. The third-order valence-corrected chi connectivity index (χ3v) is 5.53. The maximum absolute atomic E-state index is 3.88. The fourth-order valence-electron chi connectivity index (χ4n) is 3.95. The van der Waals surface area contributed by atoms with E-state index in [9.17, 15) is 0 Å². The molecule has 0 bridgehead atoms. The number of hydrogen-bond donors (Lipinski definition) is 1. The summed E-state index contributed by atoms with van der Waals surface area (Å²) >= 11 is 0. The Labute approximate surface area is 134 Å². The molecule has 0 heterocycles. The first kappa shape index (κ1) is 19.0. The molecule has 21 heavy (non-hydrogen) atoms. The molecular formula is C19H40N2. The van der Waals surface area contributed by atoms with E-state index in [1.54, 1.807) is 0 Å². The molecule has 1 aliphatic rings. The van der Waals surface area contributed by atoms with Crippen LogP contribution in [-0.4, -0.2) is 37.1 Å². The molecule has 1 fully saturated rings. The van der Waals surface area contributed by atoms with Crippen molar-refractivity contribution in [2.45, 2.75) is 79.7 Å². The van der Waals surface area contributed by atoms with Gasteiger partial charge >= 0.3 is 0 Å². The average Bonchev–Trinajstić information content (AvgIpc) is 2.45. The lowest BCUT2D eigenvalue weighted by Crippen LogP contribution is -2.53. The molecular weight excluding hydrogens is 256 g/mol. The van der Waals surface area contributed by atoms with Crippen molar-refractivity contribution in [3.05, 3.63) is 0 Å². The van der Waals surface area contributed by atoms with Gasteiger partial charge in [-0.3, -0.25) is 0 Å². The highest BCUT2D eigenvalue weighted by molar-refractivity contribution is 4.94. The molecule has 0 radical (unpaired) electrons. The number of rotatable bonds is 9. The van der Waals surface area contributed by atoms with E-state index < -0.39 is 0 Å².